The fourth-order valence-electron chi connectivity index (χ4n) is 4.22. The third-order valence-electron chi connectivity index (χ3n) is 5.78. The van der Waals surface area contributed by atoms with Crippen molar-refractivity contribution in [2.45, 2.75) is 89.1 Å². The quantitative estimate of drug-likeness (QED) is 0.668. The molecule has 1 aromatic rings. The van der Waals surface area contributed by atoms with E-state index >= 15 is 0 Å². The molecule has 1 saturated heterocycles. The molecule has 29 heavy (non-hydrogen) atoms. The lowest BCUT2D eigenvalue weighted by Gasteiger charge is -2.28. The van der Waals surface area contributed by atoms with Crippen LogP contribution in [0.4, 0.5) is 0 Å². The van der Waals surface area contributed by atoms with Crippen molar-refractivity contribution in [3.05, 3.63) is 44.8 Å². The van der Waals surface area contributed by atoms with Gasteiger partial charge in [0.05, 0.1) is 18.3 Å². The second-order valence-corrected chi connectivity index (χ2v) is 8.47. The number of hydrogen-bond donors (Lipinski definition) is 2. The van der Waals surface area contributed by atoms with E-state index in [1.807, 2.05) is 20.8 Å². The van der Waals surface area contributed by atoms with Crippen LogP contribution in [0.3, 0.4) is 0 Å². The molecular formula is C21H32N2O6. The van der Waals surface area contributed by atoms with E-state index in [0.29, 0.717) is 12.0 Å². The lowest BCUT2D eigenvalue weighted by atomic mass is 10.0. The van der Waals surface area contributed by atoms with E-state index in [4.69, 9.17) is 14.2 Å². The summed E-state index contributed by atoms with van der Waals surface area (Å²) in [6.07, 6.45) is 1.32. The minimum absolute atomic E-state index is 0.0541. The second kappa shape index (κ2) is 8.95. The fraction of sp³-hybridized carbons (Fsp3) is 0.714. The van der Waals surface area contributed by atoms with Crippen molar-refractivity contribution in [2.75, 3.05) is 7.11 Å². The first-order valence-electron chi connectivity index (χ1n) is 10.2. The Morgan fingerprint density at radius 1 is 1.38 bits per heavy atom. The first-order chi connectivity index (χ1) is 13.7. The molecule has 1 aromatic heterocycles. The van der Waals surface area contributed by atoms with E-state index in [9.17, 15) is 14.7 Å². The van der Waals surface area contributed by atoms with Gasteiger partial charge in [-0.2, -0.15) is 0 Å². The van der Waals surface area contributed by atoms with Gasteiger partial charge in [0.2, 0.25) is 0 Å². The van der Waals surface area contributed by atoms with Gasteiger partial charge in [-0.05, 0) is 38.5 Å². The summed E-state index contributed by atoms with van der Waals surface area (Å²) in [4.78, 5) is 27.1. The number of hydrogen-bond acceptors (Lipinski definition) is 6. The molecule has 6 atom stereocenters. The topological polar surface area (TPSA) is 103 Å². The van der Waals surface area contributed by atoms with Crippen LogP contribution in [0.25, 0.3) is 0 Å². The van der Waals surface area contributed by atoms with E-state index in [1.165, 1.54) is 10.8 Å². The highest BCUT2D eigenvalue weighted by Crippen LogP contribution is 2.37. The second-order valence-electron chi connectivity index (χ2n) is 8.47. The van der Waals surface area contributed by atoms with Crippen LogP contribution >= 0.6 is 0 Å². The third kappa shape index (κ3) is 4.55. The SMILES string of the molecule is C=C(C)CC1OC(n2cc(C(C)C)c(=O)[nH]c2=O)C(OC2CCCC2OC)C1O. The molecule has 8 heteroatoms. The van der Waals surface area contributed by atoms with Crippen LogP contribution in [0.1, 0.15) is 64.2 Å². The lowest BCUT2D eigenvalue weighted by Crippen LogP contribution is -2.43. The van der Waals surface area contributed by atoms with Crippen LogP contribution < -0.4 is 11.2 Å². The average Bonchev–Trinajstić information content (AvgIpc) is 3.21. The molecule has 0 amide bonds. The molecule has 2 N–H and O–H groups in total. The Morgan fingerprint density at radius 2 is 2.07 bits per heavy atom. The molecule has 8 nitrogen and oxygen atoms in total. The van der Waals surface area contributed by atoms with Crippen LogP contribution in [0.15, 0.2) is 27.9 Å². The summed E-state index contributed by atoms with van der Waals surface area (Å²) in [6, 6.07) is 0. The van der Waals surface area contributed by atoms with E-state index in [2.05, 4.69) is 11.6 Å². The highest BCUT2D eigenvalue weighted by atomic mass is 16.6. The maximum atomic E-state index is 12.6. The standard InChI is InChI=1S/C21H32N2O6/c1-11(2)9-16-17(24)18(28-15-8-6-7-14(15)27-5)20(29-16)23-10-13(12(3)4)19(25)22-21(23)26/h10,12,14-18,20,24H,1,6-9H2,2-5H3,(H,22,25,26). The van der Waals surface area contributed by atoms with Crippen molar-refractivity contribution >= 4 is 0 Å². The molecule has 0 bridgehead atoms. The molecule has 2 fully saturated rings. The number of methoxy groups -OCH3 is 1. The molecule has 2 aliphatic rings. The molecule has 1 saturated carbocycles. The fourth-order valence-corrected chi connectivity index (χ4v) is 4.22. The zero-order chi connectivity index (χ0) is 21.3. The molecular weight excluding hydrogens is 376 g/mol. The van der Waals surface area contributed by atoms with E-state index in [1.54, 1.807) is 7.11 Å². The number of aromatic amines is 1. The highest BCUT2D eigenvalue weighted by molar-refractivity contribution is 5.11. The number of ether oxygens (including phenoxy) is 3. The van der Waals surface area contributed by atoms with Crippen molar-refractivity contribution in [1.82, 2.24) is 9.55 Å². The van der Waals surface area contributed by atoms with Gasteiger partial charge < -0.3 is 19.3 Å². The summed E-state index contributed by atoms with van der Waals surface area (Å²) < 4.78 is 19.2. The molecule has 0 aromatic carbocycles. The number of nitrogens with zero attached hydrogens (tertiary/aromatic N) is 1. The van der Waals surface area contributed by atoms with Crippen molar-refractivity contribution in [1.29, 1.82) is 0 Å². The first kappa shape index (κ1) is 22.0. The van der Waals surface area contributed by atoms with Gasteiger partial charge in [-0.1, -0.05) is 19.4 Å². The maximum absolute atomic E-state index is 12.6. The highest BCUT2D eigenvalue weighted by Gasteiger charge is 2.48. The van der Waals surface area contributed by atoms with E-state index < -0.39 is 35.8 Å². The molecule has 6 unspecified atom stereocenters. The third-order valence-corrected chi connectivity index (χ3v) is 5.78. The monoisotopic (exact) mass is 408 g/mol. The number of aliphatic hydroxyl groups is 1. The summed E-state index contributed by atoms with van der Waals surface area (Å²) in [5.41, 5.74) is 0.336. The van der Waals surface area contributed by atoms with E-state index in [0.717, 1.165) is 24.8 Å². The maximum Gasteiger partial charge on any atom is 0.330 e. The molecule has 3 rings (SSSR count). The van der Waals surface area contributed by atoms with Crippen molar-refractivity contribution in [3.8, 4) is 0 Å². The smallest absolute Gasteiger partial charge is 0.330 e. The largest absolute Gasteiger partial charge is 0.387 e. The normalized spacial score (nSPS) is 32.2. The molecule has 2 heterocycles. The number of rotatable bonds is 7. The van der Waals surface area contributed by atoms with Crippen LogP contribution in [-0.4, -0.2) is 52.3 Å². The van der Waals surface area contributed by atoms with Crippen molar-refractivity contribution in [2.24, 2.45) is 0 Å². The summed E-state index contributed by atoms with van der Waals surface area (Å²) in [6.45, 7) is 9.52. The zero-order valence-electron chi connectivity index (χ0n) is 17.6. The molecule has 162 valence electrons. The van der Waals surface area contributed by atoms with Crippen molar-refractivity contribution < 1.29 is 19.3 Å². The Morgan fingerprint density at radius 3 is 2.69 bits per heavy atom. The number of aliphatic hydroxyl groups excluding tert-OH is 1. The van der Waals surface area contributed by atoms with Crippen LogP contribution in [-0.2, 0) is 14.2 Å². The molecule has 1 aliphatic heterocycles. The van der Waals surface area contributed by atoms with Crippen LogP contribution in [0.2, 0.25) is 0 Å². The van der Waals surface area contributed by atoms with Gasteiger partial charge in [0.25, 0.3) is 5.56 Å². The van der Waals surface area contributed by atoms with Crippen LogP contribution in [0.5, 0.6) is 0 Å². The number of nitrogens with one attached hydrogen (secondary N) is 1. The minimum atomic E-state index is -0.934. The first-order valence-corrected chi connectivity index (χ1v) is 10.2. The Bertz CT molecular complexity index is 844. The van der Waals surface area contributed by atoms with Crippen LogP contribution in [0, 0.1) is 0 Å². The summed E-state index contributed by atoms with van der Waals surface area (Å²) in [7, 11) is 1.65. The summed E-state index contributed by atoms with van der Waals surface area (Å²) in [5, 5.41) is 11.0. The van der Waals surface area contributed by atoms with Gasteiger partial charge in [-0.3, -0.25) is 14.3 Å². The predicted molar refractivity (Wildman–Crippen MR) is 108 cm³/mol. The Labute approximate surface area is 170 Å². The van der Waals surface area contributed by atoms with Gasteiger partial charge in [-0.15, -0.1) is 6.58 Å². The van der Waals surface area contributed by atoms with Crippen molar-refractivity contribution in [3.63, 3.8) is 0 Å². The molecule has 0 spiro atoms. The molecule has 1 aliphatic carbocycles. The number of H-pyrrole nitrogens is 1. The number of aromatic nitrogens is 2. The predicted octanol–water partition coefficient (Wildman–Crippen LogP) is 1.84. The van der Waals surface area contributed by atoms with Gasteiger partial charge in [0, 0.05) is 18.9 Å². The van der Waals surface area contributed by atoms with Gasteiger partial charge in [0.1, 0.15) is 12.2 Å². The van der Waals surface area contributed by atoms with Gasteiger partial charge >= 0.3 is 5.69 Å². The Balaban J connectivity index is 1.97. The Kier molecular flexibility index (Phi) is 6.78. The average molecular weight is 408 g/mol. The van der Waals surface area contributed by atoms with E-state index in [-0.39, 0.29) is 18.1 Å². The van der Waals surface area contributed by atoms with Gasteiger partial charge in [-0.25, -0.2) is 4.79 Å². The Hall–Kier alpha value is -1.74. The van der Waals surface area contributed by atoms with Gasteiger partial charge in [0.15, 0.2) is 6.23 Å². The summed E-state index contributed by atoms with van der Waals surface area (Å²) in [5.74, 6) is -0.0739. The molecule has 0 radical (unpaired) electrons. The zero-order valence-corrected chi connectivity index (χ0v) is 17.6. The minimum Gasteiger partial charge on any atom is -0.387 e. The lowest BCUT2D eigenvalue weighted by molar-refractivity contribution is -0.130. The summed E-state index contributed by atoms with van der Waals surface area (Å²) >= 11 is 0.